The molecule has 1 atom stereocenters. The minimum Gasteiger partial charge on any atom is -0.347 e. The van der Waals surface area contributed by atoms with Crippen LogP contribution in [-0.4, -0.2) is 46.9 Å². The van der Waals surface area contributed by atoms with Crippen LogP contribution in [0.1, 0.15) is 22.5 Å². The summed E-state index contributed by atoms with van der Waals surface area (Å²) in [6, 6.07) is 5.95. The molecule has 5 rings (SSSR count). The molecule has 0 radical (unpaired) electrons. The van der Waals surface area contributed by atoms with Gasteiger partial charge >= 0.3 is 6.03 Å². The second-order valence-electron chi connectivity index (χ2n) is 8.01. The van der Waals surface area contributed by atoms with Crippen LogP contribution in [0.3, 0.4) is 0 Å². The molecule has 174 valence electrons. The smallest absolute Gasteiger partial charge is 0.331 e. The lowest BCUT2D eigenvalue weighted by Gasteiger charge is -2.32. The number of piperidine rings is 1. The number of likely N-dealkylation sites (tertiary alicyclic amines) is 1. The molecule has 2 aromatic heterocycles. The van der Waals surface area contributed by atoms with Gasteiger partial charge < -0.3 is 15.5 Å². The highest BCUT2D eigenvalue weighted by Gasteiger charge is 2.34. The molecule has 34 heavy (non-hydrogen) atoms. The zero-order valence-electron chi connectivity index (χ0n) is 17.8. The fourth-order valence-electron chi connectivity index (χ4n) is 4.34. The van der Waals surface area contributed by atoms with Crippen molar-refractivity contribution in [2.24, 2.45) is 0 Å². The van der Waals surface area contributed by atoms with E-state index in [9.17, 15) is 14.4 Å². The largest absolute Gasteiger partial charge is 0.347 e. The van der Waals surface area contributed by atoms with Crippen LogP contribution in [0.5, 0.6) is 0 Å². The molecule has 8 nitrogen and oxygen atoms in total. The molecule has 0 unspecified atom stereocenters. The predicted octanol–water partition coefficient (Wildman–Crippen LogP) is 5.19. The third-order valence-electron chi connectivity index (χ3n) is 5.80. The zero-order chi connectivity index (χ0) is 24.0. The number of carbonyl (C=O) groups excluding carboxylic acids is 3. The van der Waals surface area contributed by atoms with Gasteiger partial charge in [-0.15, -0.1) is 11.3 Å². The number of carbonyl (C=O) groups is 3. The lowest BCUT2D eigenvalue weighted by Crippen LogP contribution is -2.49. The van der Waals surface area contributed by atoms with Crippen LogP contribution in [-0.2, 0) is 4.79 Å². The number of benzene rings is 1. The Kier molecular flexibility index (Phi) is 5.93. The maximum atomic E-state index is 13.2. The molecular weight excluding hydrogens is 497 g/mol. The van der Waals surface area contributed by atoms with E-state index in [1.807, 2.05) is 0 Å². The molecule has 2 aliphatic heterocycles. The Morgan fingerprint density at radius 1 is 1.26 bits per heavy atom. The first-order valence-corrected chi connectivity index (χ1v) is 12.1. The van der Waals surface area contributed by atoms with Gasteiger partial charge in [0, 0.05) is 35.4 Å². The molecule has 0 saturated carbocycles. The van der Waals surface area contributed by atoms with Crippen LogP contribution in [0.4, 0.5) is 21.9 Å². The minimum atomic E-state index is -0.439. The number of aromatic nitrogens is 1. The maximum Gasteiger partial charge on any atom is 0.331 e. The van der Waals surface area contributed by atoms with Gasteiger partial charge in [-0.2, -0.15) is 0 Å². The predicted molar refractivity (Wildman–Crippen MR) is 135 cm³/mol. The van der Waals surface area contributed by atoms with Gasteiger partial charge in [0.05, 0.1) is 22.4 Å². The van der Waals surface area contributed by atoms with Crippen LogP contribution < -0.4 is 15.5 Å². The highest BCUT2D eigenvalue weighted by Crippen LogP contribution is 2.46. The Labute approximate surface area is 209 Å². The quantitative estimate of drug-likeness (QED) is 0.467. The number of anilines is 3. The number of hydrogen-bond acceptors (Lipinski definition) is 5. The van der Waals surface area contributed by atoms with E-state index in [2.05, 4.69) is 22.2 Å². The first-order chi connectivity index (χ1) is 16.4. The monoisotopic (exact) mass is 515 g/mol. The average Bonchev–Trinajstić information content (AvgIpc) is 3.17. The maximum absolute atomic E-state index is 13.2. The molecule has 4 heterocycles. The van der Waals surface area contributed by atoms with E-state index < -0.39 is 6.03 Å². The van der Waals surface area contributed by atoms with Crippen molar-refractivity contribution in [2.75, 3.05) is 23.3 Å². The van der Waals surface area contributed by atoms with Gasteiger partial charge in [0.1, 0.15) is 9.71 Å². The van der Waals surface area contributed by atoms with Crippen LogP contribution in [0.2, 0.25) is 10.0 Å². The Balaban J connectivity index is 1.49. The van der Waals surface area contributed by atoms with E-state index >= 15 is 0 Å². The van der Waals surface area contributed by atoms with Gasteiger partial charge in [-0.3, -0.25) is 14.5 Å². The summed E-state index contributed by atoms with van der Waals surface area (Å²) in [6.45, 7) is 4.58. The molecule has 4 amide bonds. The summed E-state index contributed by atoms with van der Waals surface area (Å²) in [5, 5.41) is 7.32. The molecule has 0 aliphatic carbocycles. The molecule has 2 N–H and O–H groups in total. The van der Waals surface area contributed by atoms with E-state index in [-0.39, 0.29) is 17.9 Å². The van der Waals surface area contributed by atoms with E-state index in [1.54, 1.807) is 35.4 Å². The molecule has 1 fully saturated rings. The van der Waals surface area contributed by atoms with Crippen molar-refractivity contribution in [3.63, 3.8) is 0 Å². The molecule has 11 heteroatoms. The second kappa shape index (κ2) is 8.90. The van der Waals surface area contributed by atoms with E-state index in [0.29, 0.717) is 55.3 Å². The first-order valence-electron chi connectivity index (χ1n) is 10.6. The van der Waals surface area contributed by atoms with Gasteiger partial charge in [0.25, 0.3) is 5.91 Å². The van der Waals surface area contributed by atoms with E-state index in [0.717, 1.165) is 12.8 Å². The van der Waals surface area contributed by atoms with Crippen molar-refractivity contribution >= 4 is 79.7 Å². The van der Waals surface area contributed by atoms with Gasteiger partial charge in [0.2, 0.25) is 5.91 Å². The summed E-state index contributed by atoms with van der Waals surface area (Å²) in [4.78, 5) is 46.9. The highest BCUT2D eigenvalue weighted by atomic mass is 35.5. The minimum absolute atomic E-state index is 0.154. The number of amides is 4. The van der Waals surface area contributed by atoms with Crippen molar-refractivity contribution in [3.8, 4) is 0 Å². The topological polar surface area (TPSA) is 94.6 Å². The normalized spacial score (nSPS) is 17.5. The number of halogens is 2. The van der Waals surface area contributed by atoms with Crippen molar-refractivity contribution < 1.29 is 14.4 Å². The number of urea groups is 1. The molecule has 0 bridgehead atoms. The molecular formula is C23H19Cl2N5O3S. The lowest BCUT2D eigenvalue weighted by molar-refractivity contribution is -0.127. The van der Waals surface area contributed by atoms with Gasteiger partial charge in [-0.05, 0) is 43.2 Å². The lowest BCUT2D eigenvalue weighted by atomic mass is 10.1. The van der Waals surface area contributed by atoms with Crippen LogP contribution >= 0.6 is 34.5 Å². The van der Waals surface area contributed by atoms with Crippen molar-refractivity contribution in [3.05, 3.63) is 58.0 Å². The zero-order valence-corrected chi connectivity index (χ0v) is 20.1. The van der Waals surface area contributed by atoms with Gasteiger partial charge in [0.15, 0.2) is 0 Å². The van der Waals surface area contributed by atoms with Crippen LogP contribution in [0.25, 0.3) is 10.2 Å². The summed E-state index contributed by atoms with van der Waals surface area (Å²) in [5.74, 6) is -0.473. The Morgan fingerprint density at radius 3 is 2.76 bits per heavy atom. The average molecular weight is 516 g/mol. The first kappa shape index (κ1) is 22.6. The molecule has 2 aliphatic rings. The number of nitrogens with one attached hydrogen (secondary N) is 2. The second-order valence-corrected chi connectivity index (χ2v) is 9.88. The number of thiophene rings is 1. The third kappa shape index (κ3) is 4.00. The number of rotatable bonds is 4. The summed E-state index contributed by atoms with van der Waals surface area (Å²) < 4.78 is 0. The summed E-state index contributed by atoms with van der Waals surface area (Å²) >= 11 is 13.5. The standard InChI is InChI=1S/C23H19Cl2N5O3S/c1-2-17(31)29-7-3-4-14(11-29)27-21(32)20-19-18-16(5-6-26-22(18)34-20)30(23(33)28-19)15-9-12(24)8-13(25)10-15/h2,5-6,8-10,14H,1,3-4,7,11H2,(H,27,32)(H,28,33)/t14-/m1/s1. The Hall–Kier alpha value is -3.14. The fourth-order valence-corrected chi connectivity index (χ4v) is 5.88. The third-order valence-corrected chi connectivity index (χ3v) is 7.33. The van der Waals surface area contributed by atoms with Gasteiger partial charge in [-0.25, -0.2) is 9.78 Å². The Bertz CT molecular complexity index is 1340. The molecule has 0 spiro atoms. The van der Waals surface area contributed by atoms with Crippen LogP contribution in [0, 0.1) is 0 Å². The Morgan fingerprint density at radius 2 is 2.03 bits per heavy atom. The SMILES string of the molecule is C=CC(=O)N1CCC[C@@H](NC(=O)c2sc3nccc4c3c2NC(=O)N4c2cc(Cl)cc(Cl)c2)C1. The molecule has 1 saturated heterocycles. The van der Waals surface area contributed by atoms with Crippen molar-refractivity contribution in [1.82, 2.24) is 15.2 Å². The summed E-state index contributed by atoms with van der Waals surface area (Å²) in [6.07, 6.45) is 4.41. The van der Waals surface area contributed by atoms with E-state index in [1.165, 1.54) is 22.3 Å². The van der Waals surface area contributed by atoms with Crippen LogP contribution in [0.15, 0.2) is 43.1 Å². The van der Waals surface area contributed by atoms with Crippen molar-refractivity contribution in [2.45, 2.75) is 18.9 Å². The van der Waals surface area contributed by atoms with Crippen molar-refractivity contribution in [1.29, 1.82) is 0 Å². The number of nitrogens with zero attached hydrogens (tertiary/aromatic N) is 3. The number of pyridine rings is 1. The summed E-state index contributed by atoms with van der Waals surface area (Å²) in [5.41, 5.74) is 1.50. The number of hydrogen-bond donors (Lipinski definition) is 2. The summed E-state index contributed by atoms with van der Waals surface area (Å²) in [7, 11) is 0. The van der Waals surface area contributed by atoms with Gasteiger partial charge in [-0.1, -0.05) is 29.8 Å². The fraction of sp³-hybridized carbons (Fsp3) is 0.217. The molecule has 3 aromatic rings. The molecule has 1 aromatic carbocycles. The highest BCUT2D eigenvalue weighted by molar-refractivity contribution is 7.21. The van der Waals surface area contributed by atoms with E-state index in [4.69, 9.17) is 23.2 Å².